The van der Waals surface area contributed by atoms with Crippen molar-refractivity contribution in [2.75, 3.05) is 0 Å². The summed E-state index contributed by atoms with van der Waals surface area (Å²) in [4.78, 5) is 8.11. The Hall–Kier alpha value is -3.33. The molecule has 0 amide bonds. The average Bonchev–Trinajstić information content (AvgIpc) is 3.26. The van der Waals surface area contributed by atoms with E-state index in [0.29, 0.717) is 0 Å². The Balaban J connectivity index is 1.54. The minimum atomic E-state index is 0.883. The molecule has 0 aliphatic carbocycles. The smallest absolute Gasteiger partial charge is 0.138 e. The van der Waals surface area contributed by atoms with Crippen molar-refractivity contribution in [3.8, 4) is 11.4 Å². The minimum absolute atomic E-state index is 0.883. The van der Waals surface area contributed by atoms with E-state index in [1.54, 1.807) is 0 Å². The third kappa shape index (κ3) is 2.50. The lowest BCUT2D eigenvalue weighted by Crippen LogP contribution is -1.97. The van der Waals surface area contributed by atoms with Gasteiger partial charge in [0, 0.05) is 29.2 Å². The first-order chi connectivity index (χ1) is 12.4. The van der Waals surface area contributed by atoms with Crippen LogP contribution in [0.1, 0.15) is 5.56 Å². The van der Waals surface area contributed by atoms with Crippen molar-refractivity contribution in [2.24, 2.45) is 0 Å². The van der Waals surface area contributed by atoms with E-state index >= 15 is 0 Å². The number of nitrogens with one attached hydrogen (secondary N) is 1. The summed E-state index contributed by atoms with van der Waals surface area (Å²) in [5.74, 6) is 0.916. The maximum Gasteiger partial charge on any atom is 0.138 e. The highest BCUT2D eigenvalue weighted by molar-refractivity contribution is 5.86. The molecule has 3 nitrogen and oxygen atoms in total. The molecular weight excluding hydrogens is 306 g/mol. The van der Waals surface area contributed by atoms with Crippen molar-refractivity contribution in [2.45, 2.75) is 6.54 Å². The van der Waals surface area contributed by atoms with Crippen LogP contribution in [-0.4, -0.2) is 14.5 Å². The molecule has 0 fully saturated rings. The standard InChI is InChI=1S/C22H17N3/c1-2-6-16(7-3-1)15-25-13-12-17-14-18(10-11-21(17)25)22-23-19-8-4-5-9-20(19)24-22/h1-14H,15H2,(H,23,24). The van der Waals surface area contributed by atoms with Gasteiger partial charge in [-0.1, -0.05) is 42.5 Å². The van der Waals surface area contributed by atoms with Crippen molar-refractivity contribution in [1.82, 2.24) is 14.5 Å². The third-order valence-electron chi connectivity index (χ3n) is 4.63. The molecule has 2 heterocycles. The molecule has 0 unspecified atom stereocenters. The number of nitrogens with zero attached hydrogens (tertiary/aromatic N) is 2. The van der Waals surface area contributed by atoms with Gasteiger partial charge in [0.1, 0.15) is 5.82 Å². The Morgan fingerprint density at radius 3 is 2.56 bits per heavy atom. The van der Waals surface area contributed by atoms with Crippen LogP contribution in [0.4, 0.5) is 0 Å². The summed E-state index contributed by atoms with van der Waals surface area (Å²) in [6.07, 6.45) is 2.15. The number of imidazole rings is 1. The SMILES string of the molecule is c1ccc(Cn2ccc3cc(-c4nc5ccccc5[nH]4)ccc32)cc1. The molecule has 120 valence electrons. The zero-order valence-electron chi connectivity index (χ0n) is 13.7. The van der Waals surface area contributed by atoms with Gasteiger partial charge in [-0.05, 0) is 42.0 Å². The molecule has 0 saturated carbocycles. The predicted molar refractivity (Wildman–Crippen MR) is 103 cm³/mol. The average molecular weight is 323 g/mol. The van der Waals surface area contributed by atoms with Crippen LogP contribution < -0.4 is 0 Å². The van der Waals surface area contributed by atoms with Crippen molar-refractivity contribution in [3.05, 3.63) is 90.6 Å². The van der Waals surface area contributed by atoms with Gasteiger partial charge in [0.15, 0.2) is 0 Å². The number of hydrogen-bond donors (Lipinski definition) is 1. The molecule has 0 aliphatic rings. The summed E-state index contributed by atoms with van der Waals surface area (Å²) in [5.41, 5.74) is 5.73. The van der Waals surface area contributed by atoms with Crippen LogP contribution in [0, 0.1) is 0 Å². The van der Waals surface area contributed by atoms with Crippen LogP contribution in [-0.2, 0) is 6.54 Å². The first-order valence-electron chi connectivity index (χ1n) is 8.45. The van der Waals surface area contributed by atoms with Gasteiger partial charge in [0.05, 0.1) is 11.0 Å². The number of rotatable bonds is 3. The van der Waals surface area contributed by atoms with Crippen molar-refractivity contribution in [3.63, 3.8) is 0 Å². The topological polar surface area (TPSA) is 33.6 Å². The first-order valence-corrected chi connectivity index (χ1v) is 8.45. The summed E-state index contributed by atoms with van der Waals surface area (Å²) in [7, 11) is 0. The molecule has 25 heavy (non-hydrogen) atoms. The van der Waals surface area contributed by atoms with E-state index in [0.717, 1.165) is 29.0 Å². The van der Waals surface area contributed by atoms with E-state index in [-0.39, 0.29) is 0 Å². The lowest BCUT2D eigenvalue weighted by atomic mass is 10.1. The second-order valence-electron chi connectivity index (χ2n) is 6.31. The maximum atomic E-state index is 4.70. The number of benzene rings is 3. The second-order valence-corrected chi connectivity index (χ2v) is 6.31. The molecule has 3 heteroatoms. The number of fused-ring (bicyclic) bond motifs is 2. The lowest BCUT2D eigenvalue weighted by Gasteiger charge is -2.06. The molecule has 0 aliphatic heterocycles. The third-order valence-corrected chi connectivity index (χ3v) is 4.63. The molecule has 5 rings (SSSR count). The Morgan fingerprint density at radius 2 is 1.68 bits per heavy atom. The second kappa shape index (κ2) is 5.64. The summed E-state index contributed by atoms with van der Waals surface area (Å²) < 4.78 is 2.28. The van der Waals surface area contributed by atoms with E-state index in [9.17, 15) is 0 Å². The quantitative estimate of drug-likeness (QED) is 0.484. The summed E-state index contributed by atoms with van der Waals surface area (Å²) in [6, 6.07) is 27.4. The highest BCUT2D eigenvalue weighted by Crippen LogP contribution is 2.25. The Labute approximate surface area is 145 Å². The van der Waals surface area contributed by atoms with Crippen molar-refractivity contribution < 1.29 is 0 Å². The minimum Gasteiger partial charge on any atom is -0.343 e. The van der Waals surface area contributed by atoms with Gasteiger partial charge in [0.2, 0.25) is 0 Å². The highest BCUT2D eigenvalue weighted by atomic mass is 15.0. The fourth-order valence-electron chi connectivity index (χ4n) is 3.35. The number of H-pyrrole nitrogens is 1. The Morgan fingerprint density at radius 1 is 0.840 bits per heavy atom. The van der Waals surface area contributed by atoms with Gasteiger partial charge in [-0.3, -0.25) is 0 Å². The molecule has 5 aromatic rings. The van der Waals surface area contributed by atoms with Crippen LogP contribution in [0.5, 0.6) is 0 Å². The van der Waals surface area contributed by atoms with Gasteiger partial charge >= 0.3 is 0 Å². The van der Waals surface area contributed by atoms with Gasteiger partial charge in [-0.15, -0.1) is 0 Å². The molecule has 0 bridgehead atoms. The molecular formula is C22H17N3. The van der Waals surface area contributed by atoms with Gasteiger partial charge in [0.25, 0.3) is 0 Å². The molecule has 0 radical (unpaired) electrons. The predicted octanol–water partition coefficient (Wildman–Crippen LogP) is 5.23. The number of aromatic amines is 1. The molecule has 1 N–H and O–H groups in total. The van der Waals surface area contributed by atoms with E-state index in [1.165, 1.54) is 16.5 Å². The Bertz CT molecular complexity index is 1130. The van der Waals surface area contributed by atoms with E-state index in [4.69, 9.17) is 4.98 Å². The summed E-state index contributed by atoms with van der Waals surface area (Å²) in [5, 5.41) is 1.23. The number of aromatic nitrogens is 3. The molecule has 0 saturated heterocycles. The molecule has 0 atom stereocenters. The fraction of sp³-hybridized carbons (Fsp3) is 0.0455. The van der Waals surface area contributed by atoms with E-state index in [2.05, 4.69) is 76.4 Å². The van der Waals surface area contributed by atoms with Crippen LogP contribution in [0.15, 0.2) is 85.1 Å². The summed E-state index contributed by atoms with van der Waals surface area (Å²) >= 11 is 0. The van der Waals surface area contributed by atoms with Gasteiger partial charge in [-0.25, -0.2) is 4.98 Å². The van der Waals surface area contributed by atoms with Crippen LogP contribution in [0.3, 0.4) is 0 Å². The highest BCUT2D eigenvalue weighted by Gasteiger charge is 2.08. The first kappa shape index (κ1) is 14.1. The molecule has 3 aromatic carbocycles. The van der Waals surface area contributed by atoms with Crippen LogP contribution in [0.2, 0.25) is 0 Å². The Kier molecular flexibility index (Phi) is 3.17. The zero-order chi connectivity index (χ0) is 16.6. The van der Waals surface area contributed by atoms with Crippen LogP contribution >= 0.6 is 0 Å². The van der Waals surface area contributed by atoms with Crippen LogP contribution in [0.25, 0.3) is 33.3 Å². The largest absolute Gasteiger partial charge is 0.343 e. The lowest BCUT2D eigenvalue weighted by molar-refractivity contribution is 0.837. The molecule has 0 spiro atoms. The maximum absolute atomic E-state index is 4.70. The number of hydrogen-bond acceptors (Lipinski definition) is 1. The normalized spacial score (nSPS) is 11.4. The van der Waals surface area contributed by atoms with E-state index < -0.39 is 0 Å². The zero-order valence-corrected chi connectivity index (χ0v) is 13.7. The number of para-hydroxylation sites is 2. The van der Waals surface area contributed by atoms with Gasteiger partial charge < -0.3 is 9.55 Å². The fourth-order valence-corrected chi connectivity index (χ4v) is 3.35. The molecule has 2 aromatic heterocycles. The van der Waals surface area contributed by atoms with Crippen molar-refractivity contribution in [1.29, 1.82) is 0 Å². The monoisotopic (exact) mass is 323 g/mol. The summed E-state index contributed by atoms with van der Waals surface area (Å²) in [6.45, 7) is 0.883. The van der Waals surface area contributed by atoms with Crippen molar-refractivity contribution >= 4 is 21.9 Å². The van der Waals surface area contributed by atoms with Gasteiger partial charge in [-0.2, -0.15) is 0 Å². The van der Waals surface area contributed by atoms with E-state index in [1.807, 2.05) is 18.2 Å².